The van der Waals surface area contributed by atoms with E-state index in [1.54, 1.807) is 0 Å². The monoisotopic (exact) mass is 213 g/mol. The van der Waals surface area contributed by atoms with Crippen LogP contribution in [-0.2, 0) is 12.8 Å². The van der Waals surface area contributed by atoms with Crippen molar-refractivity contribution in [3.63, 3.8) is 0 Å². The molecule has 0 amide bonds. The van der Waals surface area contributed by atoms with E-state index in [2.05, 4.69) is 30.6 Å². The predicted octanol–water partition coefficient (Wildman–Crippen LogP) is 3.88. The van der Waals surface area contributed by atoms with Crippen molar-refractivity contribution in [2.75, 3.05) is 0 Å². The molecular formula is C15H19N. The molecule has 0 fully saturated rings. The van der Waals surface area contributed by atoms with Gasteiger partial charge in [0, 0.05) is 12.4 Å². The molecule has 1 aromatic rings. The first-order chi connectivity index (χ1) is 7.80. The molecule has 0 atom stereocenters. The topological polar surface area (TPSA) is 12.9 Å². The number of pyridine rings is 1. The van der Waals surface area contributed by atoms with Crippen LogP contribution in [0.3, 0.4) is 0 Å². The van der Waals surface area contributed by atoms with Crippen LogP contribution in [-0.4, -0.2) is 4.98 Å². The molecule has 1 aromatic heterocycles. The number of hydrogen-bond donors (Lipinski definition) is 0. The van der Waals surface area contributed by atoms with Crippen molar-refractivity contribution in [2.45, 2.75) is 26.7 Å². The second-order valence-electron chi connectivity index (χ2n) is 3.70. The second kappa shape index (κ2) is 6.78. The van der Waals surface area contributed by atoms with Crippen LogP contribution in [0.25, 0.3) is 0 Å². The summed E-state index contributed by atoms with van der Waals surface area (Å²) >= 11 is 0. The minimum absolute atomic E-state index is 0.898. The average molecular weight is 213 g/mol. The molecule has 0 spiro atoms. The Balaban J connectivity index is 2.81. The Labute approximate surface area is 98.2 Å². The van der Waals surface area contributed by atoms with Crippen LogP contribution in [0, 0.1) is 0 Å². The highest BCUT2D eigenvalue weighted by atomic mass is 14.6. The van der Waals surface area contributed by atoms with Crippen LogP contribution in [0.4, 0.5) is 0 Å². The van der Waals surface area contributed by atoms with Gasteiger partial charge in [-0.05, 0) is 36.5 Å². The van der Waals surface area contributed by atoms with Crippen LogP contribution in [0.5, 0.6) is 0 Å². The molecule has 1 heterocycles. The normalized spacial score (nSPS) is 12.0. The van der Waals surface area contributed by atoms with Crippen molar-refractivity contribution in [2.24, 2.45) is 0 Å². The van der Waals surface area contributed by atoms with Gasteiger partial charge in [-0.15, -0.1) is 0 Å². The first kappa shape index (κ1) is 12.4. The van der Waals surface area contributed by atoms with E-state index in [0.717, 1.165) is 12.8 Å². The number of aryl methyl sites for hydroxylation is 1. The Morgan fingerprint density at radius 3 is 2.75 bits per heavy atom. The largest absolute Gasteiger partial charge is 0.264 e. The van der Waals surface area contributed by atoms with Gasteiger partial charge >= 0.3 is 0 Å². The maximum atomic E-state index is 4.24. The molecule has 0 saturated carbocycles. The summed E-state index contributed by atoms with van der Waals surface area (Å²) in [6.07, 6.45) is 13.8. The number of aromatic nitrogens is 1. The summed E-state index contributed by atoms with van der Waals surface area (Å²) in [4.78, 5) is 4.24. The average Bonchev–Trinajstić information content (AvgIpc) is 2.34. The molecule has 0 bridgehead atoms. The summed E-state index contributed by atoms with van der Waals surface area (Å²) in [5.74, 6) is 0. The molecule has 0 aliphatic rings. The lowest BCUT2D eigenvalue weighted by Crippen LogP contribution is -1.91. The Hall–Kier alpha value is -1.63. The van der Waals surface area contributed by atoms with Crippen LogP contribution in [0.15, 0.2) is 54.9 Å². The van der Waals surface area contributed by atoms with Crippen molar-refractivity contribution in [3.05, 3.63) is 66.0 Å². The van der Waals surface area contributed by atoms with Gasteiger partial charge in [-0.3, -0.25) is 4.98 Å². The van der Waals surface area contributed by atoms with Gasteiger partial charge in [0.05, 0.1) is 0 Å². The van der Waals surface area contributed by atoms with E-state index in [9.17, 15) is 0 Å². The summed E-state index contributed by atoms with van der Waals surface area (Å²) in [5, 5.41) is 0. The number of hydrogen-bond acceptors (Lipinski definition) is 1. The van der Waals surface area contributed by atoms with Gasteiger partial charge in [0.25, 0.3) is 0 Å². The summed E-state index contributed by atoms with van der Waals surface area (Å²) < 4.78 is 0. The van der Waals surface area contributed by atoms with Crippen LogP contribution >= 0.6 is 0 Å². The Kier molecular flexibility index (Phi) is 5.27. The Morgan fingerprint density at radius 1 is 1.38 bits per heavy atom. The SMILES string of the molecule is C=C/C(=C\C=C/C)Cc1cncc(CC)c1. The minimum Gasteiger partial charge on any atom is -0.264 e. The summed E-state index contributed by atoms with van der Waals surface area (Å²) in [6.45, 7) is 7.98. The molecule has 1 heteroatoms. The van der Waals surface area contributed by atoms with Gasteiger partial charge in [-0.1, -0.05) is 43.9 Å². The quantitative estimate of drug-likeness (QED) is 0.676. The molecule has 1 rings (SSSR count). The third kappa shape index (κ3) is 3.85. The minimum atomic E-state index is 0.898. The lowest BCUT2D eigenvalue weighted by molar-refractivity contribution is 1.06. The van der Waals surface area contributed by atoms with E-state index in [1.165, 1.54) is 16.7 Å². The van der Waals surface area contributed by atoms with Crippen molar-refractivity contribution >= 4 is 0 Å². The van der Waals surface area contributed by atoms with E-state index in [1.807, 2.05) is 37.5 Å². The molecular weight excluding hydrogens is 194 g/mol. The number of nitrogens with zero attached hydrogens (tertiary/aromatic N) is 1. The molecule has 0 saturated heterocycles. The highest BCUT2D eigenvalue weighted by Crippen LogP contribution is 2.10. The first-order valence-corrected chi connectivity index (χ1v) is 5.67. The summed E-state index contributed by atoms with van der Waals surface area (Å²) in [7, 11) is 0. The molecule has 1 nitrogen and oxygen atoms in total. The number of allylic oxidation sites excluding steroid dienone is 5. The standard InChI is InChI=1S/C15H19N/c1-4-7-8-13(5-2)9-15-10-14(6-3)11-16-12-15/h4-5,7-8,10-12H,2,6,9H2,1,3H3/b7-4-,13-8+. The lowest BCUT2D eigenvalue weighted by Gasteiger charge is -2.03. The molecule has 16 heavy (non-hydrogen) atoms. The number of rotatable bonds is 5. The van der Waals surface area contributed by atoms with Gasteiger partial charge in [0.15, 0.2) is 0 Å². The van der Waals surface area contributed by atoms with Gasteiger partial charge in [0.2, 0.25) is 0 Å². The fraction of sp³-hybridized carbons (Fsp3) is 0.267. The highest BCUT2D eigenvalue weighted by molar-refractivity contribution is 5.30. The van der Waals surface area contributed by atoms with Gasteiger partial charge < -0.3 is 0 Å². The van der Waals surface area contributed by atoms with Crippen molar-refractivity contribution < 1.29 is 0 Å². The van der Waals surface area contributed by atoms with Crippen molar-refractivity contribution in [3.8, 4) is 0 Å². The van der Waals surface area contributed by atoms with Gasteiger partial charge in [-0.25, -0.2) is 0 Å². The lowest BCUT2D eigenvalue weighted by atomic mass is 10.0. The predicted molar refractivity (Wildman–Crippen MR) is 70.4 cm³/mol. The molecule has 0 aliphatic carbocycles. The summed E-state index contributed by atoms with van der Waals surface area (Å²) in [6, 6.07) is 2.21. The zero-order valence-electron chi connectivity index (χ0n) is 10.1. The van der Waals surface area contributed by atoms with E-state index in [-0.39, 0.29) is 0 Å². The van der Waals surface area contributed by atoms with Crippen LogP contribution in [0.1, 0.15) is 25.0 Å². The van der Waals surface area contributed by atoms with E-state index >= 15 is 0 Å². The molecule has 84 valence electrons. The van der Waals surface area contributed by atoms with E-state index in [0.29, 0.717) is 0 Å². The molecule has 0 aliphatic heterocycles. The Bertz CT molecular complexity index is 400. The maximum absolute atomic E-state index is 4.24. The molecule has 0 radical (unpaired) electrons. The van der Waals surface area contributed by atoms with Crippen molar-refractivity contribution in [1.29, 1.82) is 0 Å². The third-order valence-electron chi connectivity index (χ3n) is 2.43. The fourth-order valence-corrected chi connectivity index (χ4v) is 1.49. The molecule has 0 unspecified atom stereocenters. The van der Waals surface area contributed by atoms with Crippen LogP contribution < -0.4 is 0 Å². The highest BCUT2D eigenvalue weighted by Gasteiger charge is 1.97. The summed E-state index contributed by atoms with van der Waals surface area (Å²) in [5.41, 5.74) is 3.75. The smallest absolute Gasteiger partial charge is 0.0303 e. The zero-order chi connectivity index (χ0) is 11.8. The van der Waals surface area contributed by atoms with E-state index < -0.39 is 0 Å². The molecule has 0 N–H and O–H groups in total. The molecule has 0 aromatic carbocycles. The van der Waals surface area contributed by atoms with Crippen LogP contribution in [0.2, 0.25) is 0 Å². The first-order valence-electron chi connectivity index (χ1n) is 5.67. The van der Waals surface area contributed by atoms with Crippen molar-refractivity contribution in [1.82, 2.24) is 4.98 Å². The zero-order valence-corrected chi connectivity index (χ0v) is 10.1. The second-order valence-corrected chi connectivity index (χ2v) is 3.70. The fourth-order valence-electron chi connectivity index (χ4n) is 1.49. The maximum Gasteiger partial charge on any atom is 0.0303 e. The Morgan fingerprint density at radius 2 is 2.12 bits per heavy atom. The van der Waals surface area contributed by atoms with E-state index in [4.69, 9.17) is 0 Å². The van der Waals surface area contributed by atoms with Gasteiger partial charge in [-0.2, -0.15) is 0 Å². The third-order valence-corrected chi connectivity index (χ3v) is 2.43. The van der Waals surface area contributed by atoms with Gasteiger partial charge in [0.1, 0.15) is 0 Å².